The zero-order valence-corrected chi connectivity index (χ0v) is 9.07. The number of rotatable bonds is 2. The maximum Gasteiger partial charge on any atom is 0.520 e. The minimum absolute atomic E-state index is 0.0885. The first-order valence-electron chi connectivity index (χ1n) is 4.54. The lowest BCUT2D eigenvalue weighted by Gasteiger charge is -2.22. The summed E-state index contributed by atoms with van der Waals surface area (Å²) in [5.74, 6) is 0. The Morgan fingerprint density at radius 1 is 1.64 bits per heavy atom. The number of hydrogen-bond donors (Lipinski definition) is 0. The summed E-state index contributed by atoms with van der Waals surface area (Å²) in [6.07, 6.45) is 4.57. The van der Waals surface area contributed by atoms with E-state index < -0.39 is 0 Å². The molecule has 0 fully saturated rings. The molecule has 0 saturated carbocycles. The molecule has 0 aliphatic rings. The number of quaternary nitrogens is 1. The van der Waals surface area contributed by atoms with Crippen LogP contribution in [-0.2, 0) is 11.8 Å². The van der Waals surface area contributed by atoms with E-state index in [0.717, 1.165) is 5.69 Å². The highest BCUT2D eigenvalue weighted by Gasteiger charge is 2.31. The average Bonchev–Trinajstić information content (AvgIpc) is 2.52. The van der Waals surface area contributed by atoms with E-state index in [1.807, 2.05) is 13.2 Å². The molecule has 1 aromatic heterocycles. The lowest BCUT2D eigenvalue weighted by molar-refractivity contribution is 0.124. The summed E-state index contributed by atoms with van der Waals surface area (Å²) in [4.78, 5) is 11.6. The van der Waals surface area contributed by atoms with Crippen LogP contribution in [0.5, 0.6) is 0 Å². The molecule has 0 aliphatic heterocycles. The van der Waals surface area contributed by atoms with E-state index in [0.29, 0.717) is 6.61 Å². The predicted molar refractivity (Wildman–Crippen MR) is 54.9 cm³/mol. The van der Waals surface area contributed by atoms with Crippen molar-refractivity contribution in [3.05, 3.63) is 18.5 Å². The van der Waals surface area contributed by atoms with Gasteiger partial charge in [0.1, 0.15) is 0 Å². The predicted octanol–water partition coefficient (Wildman–Crippen LogP) is 1.55. The molecule has 4 heteroatoms. The summed E-state index contributed by atoms with van der Waals surface area (Å²) in [7, 11) is 5.46. The third-order valence-electron chi connectivity index (χ3n) is 2.11. The molecule has 1 radical (unpaired) electrons. The fraction of sp³-hybridized carbons (Fsp3) is 0.500. The number of amides is 1. The molecule has 0 saturated heterocycles. The minimum Gasteiger partial charge on any atom is -0.420 e. The Morgan fingerprint density at radius 3 is 2.71 bits per heavy atom. The molecule has 0 aromatic carbocycles. The summed E-state index contributed by atoms with van der Waals surface area (Å²) in [6, 6.07) is 1.79. The van der Waals surface area contributed by atoms with Crippen LogP contribution in [0.1, 0.15) is 6.92 Å². The van der Waals surface area contributed by atoms with Crippen LogP contribution >= 0.6 is 0 Å². The number of hydrogen-bond acceptors (Lipinski definition) is 2. The summed E-state index contributed by atoms with van der Waals surface area (Å²) >= 11 is 0. The number of carbonyl (C=O) groups excluding carboxylic acids is 1. The molecule has 1 aromatic rings. The van der Waals surface area contributed by atoms with Crippen molar-refractivity contribution < 1.29 is 9.53 Å². The first-order valence-corrected chi connectivity index (χ1v) is 4.54. The topological polar surface area (TPSA) is 31.2 Å². The summed E-state index contributed by atoms with van der Waals surface area (Å²) in [6.45, 7) is 2.20. The number of carbonyl (C=O) groups is 1. The average molecular weight is 196 g/mol. The minimum atomic E-state index is -0.257. The molecular weight excluding hydrogens is 180 g/mol. The van der Waals surface area contributed by atoms with Crippen LogP contribution in [0.4, 0.5) is 10.5 Å². The fourth-order valence-corrected chi connectivity index (χ4v) is 1.14. The van der Waals surface area contributed by atoms with Gasteiger partial charge in [0.15, 0.2) is 5.69 Å². The van der Waals surface area contributed by atoms with E-state index >= 15 is 0 Å². The highest BCUT2D eigenvalue weighted by molar-refractivity contribution is 5.81. The van der Waals surface area contributed by atoms with Gasteiger partial charge in [0.05, 0.1) is 33.1 Å². The fourth-order valence-electron chi connectivity index (χ4n) is 1.14. The van der Waals surface area contributed by atoms with Crippen molar-refractivity contribution >= 4 is 11.8 Å². The van der Waals surface area contributed by atoms with E-state index in [9.17, 15) is 4.79 Å². The second-order valence-corrected chi connectivity index (χ2v) is 3.59. The molecule has 14 heavy (non-hydrogen) atoms. The molecule has 0 bridgehead atoms. The molecule has 1 amide bonds. The largest absolute Gasteiger partial charge is 0.520 e. The van der Waals surface area contributed by atoms with Crippen LogP contribution in [0.25, 0.3) is 0 Å². The van der Waals surface area contributed by atoms with Crippen molar-refractivity contribution in [2.75, 3.05) is 20.7 Å². The zero-order valence-electron chi connectivity index (χ0n) is 9.07. The van der Waals surface area contributed by atoms with Gasteiger partial charge < -0.3 is 9.30 Å². The normalized spacial score (nSPS) is 11.4. The molecule has 0 aliphatic carbocycles. The van der Waals surface area contributed by atoms with Gasteiger partial charge in [0.25, 0.3) is 0 Å². The first-order chi connectivity index (χ1) is 6.48. The number of nitrogens with zero attached hydrogens (tertiary/aromatic N) is 2. The monoisotopic (exact) mass is 196 g/mol. The van der Waals surface area contributed by atoms with Crippen LogP contribution in [0, 0.1) is 6.20 Å². The van der Waals surface area contributed by atoms with Gasteiger partial charge >= 0.3 is 6.09 Å². The molecule has 4 nitrogen and oxygen atoms in total. The lowest BCUT2D eigenvalue weighted by Crippen LogP contribution is -2.46. The molecule has 0 spiro atoms. The maximum absolute atomic E-state index is 11.6. The summed E-state index contributed by atoms with van der Waals surface area (Å²) in [5, 5.41) is 0. The molecule has 77 valence electrons. The van der Waals surface area contributed by atoms with E-state index in [2.05, 4.69) is 6.20 Å². The lowest BCUT2D eigenvalue weighted by atomic mass is 10.4. The van der Waals surface area contributed by atoms with Gasteiger partial charge in [-0.25, -0.2) is 0 Å². The van der Waals surface area contributed by atoms with Gasteiger partial charge in [0.2, 0.25) is 0 Å². The quantitative estimate of drug-likeness (QED) is 0.672. The first kappa shape index (κ1) is 10.8. The van der Waals surface area contributed by atoms with Crippen LogP contribution in [0.15, 0.2) is 12.3 Å². The Morgan fingerprint density at radius 2 is 2.29 bits per heavy atom. The highest BCUT2D eigenvalue weighted by atomic mass is 16.6. The van der Waals surface area contributed by atoms with Crippen molar-refractivity contribution in [3.8, 4) is 0 Å². The van der Waals surface area contributed by atoms with Crippen LogP contribution in [-0.4, -0.2) is 31.4 Å². The standard InChI is InChI=1S/C10H16N2O2/c1-5-14-10(13)12(3,4)9-6-7-11(2)8-9/h6,8H,5H2,1-4H3/q+1. The molecular formula is C10H16N2O2+. The molecule has 1 rings (SSSR count). The second-order valence-electron chi connectivity index (χ2n) is 3.59. The van der Waals surface area contributed by atoms with Gasteiger partial charge in [-0.1, -0.05) is 0 Å². The molecule has 1 heterocycles. The van der Waals surface area contributed by atoms with Crippen molar-refractivity contribution in [2.45, 2.75) is 6.92 Å². The SMILES string of the molecule is CCOC(=O)[N+](C)(C)c1c[c]n(C)c1. The van der Waals surface area contributed by atoms with E-state index in [1.54, 1.807) is 31.7 Å². The maximum atomic E-state index is 11.6. The van der Waals surface area contributed by atoms with Gasteiger partial charge in [-0.3, -0.25) is 0 Å². The van der Waals surface area contributed by atoms with Crippen LogP contribution in [0.2, 0.25) is 0 Å². The number of aryl methyl sites for hydroxylation is 1. The molecule has 0 N–H and O–H groups in total. The Hall–Kier alpha value is -1.29. The van der Waals surface area contributed by atoms with Crippen LogP contribution < -0.4 is 4.48 Å². The Bertz CT molecular complexity index is 329. The van der Waals surface area contributed by atoms with Gasteiger partial charge in [0, 0.05) is 13.1 Å². The Labute approximate surface area is 84.3 Å². The smallest absolute Gasteiger partial charge is 0.420 e. The molecule has 0 atom stereocenters. The third-order valence-corrected chi connectivity index (χ3v) is 2.11. The Balaban J connectivity index is 2.89. The molecule has 0 unspecified atom stereocenters. The highest BCUT2D eigenvalue weighted by Crippen LogP contribution is 2.19. The summed E-state index contributed by atoms with van der Waals surface area (Å²) < 4.78 is 6.86. The van der Waals surface area contributed by atoms with E-state index in [-0.39, 0.29) is 10.6 Å². The van der Waals surface area contributed by atoms with Crippen molar-refractivity contribution in [1.82, 2.24) is 9.05 Å². The van der Waals surface area contributed by atoms with Gasteiger partial charge in [-0.2, -0.15) is 9.28 Å². The van der Waals surface area contributed by atoms with Crippen molar-refractivity contribution in [3.63, 3.8) is 0 Å². The van der Waals surface area contributed by atoms with Crippen LogP contribution in [0.3, 0.4) is 0 Å². The van der Waals surface area contributed by atoms with Crippen molar-refractivity contribution in [2.24, 2.45) is 7.05 Å². The Kier molecular flexibility index (Phi) is 2.96. The van der Waals surface area contributed by atoms with Gasteiger partial charge in [-0.15, -0.1) is 0 Å². The second kappa shape index (κ2) is 3.84. The number of ether oxygens (including phenoxy) is 1. The van der Waals surface area contributed by atoms with Gasteiger partial charge in [-0.05, 0) is 6.92 Å². The zero-order chi connectivity index (χ0) is 10.8. The third kappa shape index (κ3) is 1.96. The number of aromatic nitrogens is 1. The van der Waals surface area contributed by atoms with E-state index in [4.69, 9.17) is 4.74 Å². The van der Waals surface area contributed by atoms with E-state index in [1.165, 1.54) is 0 Å². The van der Waals surface area contributed by atoms with Crippen molar-refractivity contribution in [1.29, 1.82) is 0 Å². The summed E-state index contributed by atoms with van der Waals surface area (Å²) in [5.41, 5.74) is 0.867.